The number of carbonyl (C=O) groups is 2. The van der Waals surface area contributed by atoms with Crippen LogP contribution in [0, 0.1) is 0 Å². The molecule has 2 N–H and O–H groups in total. The molecule has 3 aromatic rings. The molecule has 28 heavy (non-hydrogen) atoms. The normalized spacial score (nSPS) is 15.5. The van der Waals surface area contributed by atoms with Crippen LogP contribution in [0.5, 0.6) is 11.5 Å². The number of ether oxygens (including phenoxy) is 2. The predicted octanol–water partition coefficient (Wildman–Crippen LogP) is 2.83. The highest BCUT2D eigenvalue weighted by atomic mass is 16.6. The van der Waals surface area contributed by atoms with E-state index in [0.717, 1.165) is 10.8 Å². The molecule has 0 aliphatic carbocycles. The summed E-state index contributed by atoms with van der Waals surface area (Å²) in [4.78, 5) is 23.1. The van der Waals surface area contributed by atoms with Gasteiger partial charge in [0.1, 0.15) is 6.61 Å². The molecule has 0 bridgehead atoms. The van der Waals surface area contributed by atoms with E-state index in [1.165, 1.54) is 18.3 Å². The Morgan fingerprint density at radius 3 is 2.39 bits per heavy atom. The lowest BCUT2D eigenvalue weighted by molar-refractivity contribution is -0.130. The zero-order chi connectivity index (χ0) is 19.5. The molecular weight excluding hydrogens is 360 g/mol. The van der Waals surface area contributed by atoms with Crippen LogP contribution >= 0.6 is 0 Å². The molecule has 0 radical (unpaired) electrons. The van der Waals surface area contributed by atoms with Crippen molar-refractivity contribution < 1.29 is 24.2 Å². The van der Waals surface area contributed by atoms with E-state index in [1.807, 2.05) is 36.4 Å². The van der Waals surface area contributed by atoms with Crippen LogP contribution < -0.4 is 14.9 Å². The van der Waals surface area contributed by atoms with E-state index in [4.69, 9.17) is 14.6 Å². The van der Waals surface area contributed by atoms with Gasteiger partial charge in [0, 0.05) is 0 Å². The highest BCUT2D eigenvalue weighted by Gasteiger charge is 2.27. The summed E-state index contributed by atoms with van der Waals surface area (Å²) < 4.78 is 11.4. The fourth-order valence-electron chi connectivity index (χ4n) is 2.84. The van der Waals surface area contributed by atoms with Gasteiger partial charge >= 0.3 is 5.97 Å². The molecule has 3 aromatic carbocycles. The second-order valence-electron chi connectivity index (χ2n) is 6.23. The van der Waals surface area contributed by atoms with Crippen LogP contribution in [-0.4, -0.2) is 35.9 Å². The first-order chi connectivity index (χ1) is 13.6. The minimum absolute atomic E-state index is 0.0833. The summed E-state index contributed by atoms with van der Waals surface area (Å²) in [6, 6.07) is 17.7. The number of nitrogens with zero attached hydrogens (tertiary/aromatic N) is 1. The molecule has 1 aliphatic heterocycles. The van der Waals surface area contributed by atoms with Crippen molar-refractivity contribution in [2.24, 2.45) is 5.10 Å². The largest absolute Gasteiger partial charge is 0.485 e. The summed E-state index contributed by atoms with van der Waals surface area (Å²) in [5.41, 5.74) is 3.25. The Bertz CT molecular complexity index is 1080. The molecule has 1 amide bonds. The average Bonchev–Trinajstić information content (AvgIpc) is 2.72. The molecule has 1 heterocycles. The van der Waals surface area contributed by atoms with Gasteiger partial charge in [0.15, 0.2) is 11.5 Å². The van der Waals surface area contributed by atoms with Gasteiger partial charge in [-0.1, -0.05) is 36.4 Å². The standard InChI is InChI=1S/C21H16N2O5/c24-20(23-22-11-13-5-7-14(8-6-13)21(25)26)19-12-27-17-9-15-3-1-2-4-16(15)10-18(17)28-19/h1-11,19H,12H2,(H,23,24)(H,25,26)/t19-/m0/s1. The van der Waals surface area contributed by atoms with Crippen molar-refractivity contribution in [3.8, 4) is 11.5 Å². The number of hydrazone groups is 1. The van der Waals surface area contributed by atoms with Crippen molar-refractivity contribution in [1.82, 2.24) is 5.43 Å². The first kappa shape index (κ1) is 17.5. The number of carboxylic acid groups (broad SMARTS) is 1. The Hall–Kier alpha value is -3.87. The van der Waals surface area contributed by atoms with Gasteiger partial charge in [0.25, 0.3) is 5.91 Å². The minimum atomic E-state index is -1.00. The molecule has 7 heteroatoms. The highest BCUT2D eigenvalue weighted by Crippen LogP contribution is 2.35. The number of hydrogen-bond acceptors (Lipinski definition) is 5. The van der Waals surface area contributed by atoms with Crippen molar-refractivity contribution in [3.05, 3.63) is 71.8 Å². The number of rotatable bonds is 4. The third-order valence-corrected chi connectivity index (χ3v) is 4.31. The Kier molecular flexibility index (Phi) is 4.63. The lowest BCUT2D eigenvalue weighted by Gasteiger charge is -2.25. The number of nitrogens with one attached hydrogen (secondary N) is 1. The van der Waals surface area contributed by atoms with Crippen LogP contribution in [0.2, 0.25) is 0 Å². The highest BCUT2D eigenvalue weighted by molar-refractivity contribution is 5.90. The Morgan fingerprint density at radius 2 is 1.71 bits per heavy atom. The summed E-state index contributed by atoms with van der Waals surface area (Å²) in [7, 11) is 0. The molecule has 0 aromatic heterocycles. The van der Waals surface area contributed by atoms with Gasteiger partial charge in [0.2, 0.25) is 6.10 Å². The lowest BCUT2D eigenvalue weighted by atomic mass is 10.1. The van der Waals surface area contributed by atoms with Crippen LogP contribution in [0.4, 0.5) is 0 Å². The molecule has 140 valence electrons. The van der Waals surface area contributed by atoms with E-state index in [2.05, 4.69) is 10.5 Å². The maximum atomic E-state index is 12.3. The SMILES string of the molecule is O=C(O)c1ccc(C=NNC(=O)[C@@H]2COc3cc4ccccc4cc3O2)cc1. The van der Waals surface area contributed by atoms with Crippen LogP contribution in [0.15, 0.2) is 65.8 Å². The number of hydrogen-bond donors (Lipinski definition) is 2. The number of fused-ring (bicyclic) bond motifs is 2. The molecule has 1 aliphatic rings. The summed E-state index contributed by atoms with van der Waals surface area (Å²) >= 11 is 0. The van der Waals surface area contributed by atoms with Crippen LogP contribution in [0.1, 0.15) is 15.9 Å². The first-order valence-electron chi connectivity index (χ1n) is 8.59. The molecule has 4 rings (SSSR count). The van der Waals surface area contributed by atoms with Gasteiger partial charge in [0.05, 0.1) is 11.8 Å². The molecule has 0 saturated carbocycles. The predicted molar refractivity (Wildman–Crippen MR) is 103 cm³/mol. The number of benzene rings is 3. The molecule has 0 fully saturated rings. The molecule has 0 saturated heterocycles. The van der Waals surface area contributed by atoms with Crippen LogP contribution in [0.3, 0.4) is 0 Å². The minimum Gasteiger partial charge on any atom is -0.485 e. The van der Waals surface area contributed by atoms with Crippen LogP contribution in [-0.2, 0) is 4.79 Å². The zero-order valence-electron chi connectivity index (χ0n) is 14.7. The van der Waals surface area contributed by atoms with Gasteiger partial charge < -0.3 is 14.6 Å². The van der Waals surface area contributed by atoms with E-state index in [9.17, 15) is 9.59 Å². The Morgan fingerprint density at radius 1 is 1.04 bits per heavy atom. The van der Waals surface area contributed by atoms with Gasteiger partial charge in [-0.2, -0.15) is 5.10 Å². The maximum Gasteiger partial charge on any atom is 0.335 e. The van der Waals surface area contributed by atoms with Crippen molar-refractivity contribution in [3.63, 3.8) is 0 Å². The van der Waals surface area contributed by atoms with Gasteiger partial charge in [-0.25, -0.2) is 10.2 Å². The third kappa shape index (κ3) is 3.64. The van der Waals surface area contributed by atoms with Crippen molar-refractivity contribution in [2.45, 2.75) is 6.10 Å². The fraction of sp³-hybridized carbons (Fsp3) is 0.0952. The maximum absolute atomic E-state index is 12.3. The Balaban J connectivity index is 1.40. The van der Waals surface area contributed by atoms with E-state index >= 15 is 0 Å². The molecule has 0 spiro atoms. The first-order valence-corrected chi connectivity index (χ1v) is 8.59. The van der Waals surface area contributed by atoms with Gasteiger partial charge in [-0.3, -0.25) is 4.79 Å². The topological polar surface area (TPSA) is 97.2 Å². The van der Waals surface area contributed by atoms with E-state index in [-0.39, 0.29) is 12.2 Å². The van der Waals surface area contributed by atoms with Crippen molar-refractivity contribution in [2.75, 3.05) is 6.61 Å². The summed E-state index contributed by atoms with van der Waals surface area (Å²) in [5.74, 6) is -0.320. The third-order valence-electron chi connectivity index (χ3n) is 4.31. The van der Waals surface area contributed by atoms with Gasteiger partial charge in [-0.05, 0) is 40.6 Å². The summed E-state index contributed by atoms with van der Waals surface area (Å²) in [5, 5.41) is 14.8. The fourth-order valence-corrected chi connectivity index (χ4v) is 2.84. The van der Waals surface area contributed by atoms with Crippen molar-refractivity contribution in [1.29, 1.82) is 0 Å². The number of carboxylic acids is 1. The average molecular weight is 376 g/mol. The molecule has 7 nitrogen and oxygen atoms in total. The number of amides is 1. The lowest BCUT2D eigenvalue weighted by Crippen LogP contribution is -2.42. The quantitative estimate of drug-likeness (QED) is 0.539. The summed E-state index contributed by atoms with van der Waals surface area (Å²) in [6.45, 7) is 0.0833. The second kappa shape index (κ2) is 7.40. The summed E-state index contributed by atoms with van der Waals surface area (Å²) in [6.07, 6.45) is 0.606. The van der Waals surface area contributed by atoms with Gasteiger partial charge in [-0.15, -0.1) is 0 Å². The number of aromatic carboxylic acids is 1. The molecular formula is C21H16N2O5. The molecule has 0 unspecified atom stereocenters. The Labute approximate surface area is 160 Å². The van der Waals surface area contributed by atoms with Crippen LogP contribution in [0.25, 0.3) is 10.8 Å². The molecule has 1 atom stereocenters. The smallest absolute Gasteiger partial charge is 0.335 e. The van der Waals surface area contributed by atoms with Crippen molar-refractivity contribution >= 4 is 28.9 Å². The van der Waals surface area contributed by atoms with E-state index in [0.29, 0.717) is 17.1 Å². The van der Waals surface area contributed by atoms with E-state index < -0.39 is 18.0 Å². The number of carbonyl (C=O) groups excluding carboxylic acids is 1. The second-order valence-corrected chi connectivity index (χ2v) is 6.23. The monoisotopic (exact) mass is 376 g/mol. The van der Waals surface area contributed by atoms with E-state index in [1.54, 1.807) is 12.1 Å². The zero-order valence-corrected chi connectivity index (χ0v) is 14.7.